The van der Waals surface area contributed by atoms with E-state index >= 15 is 0 Å². The van der Waals surface area contributed by atoms with Gasteiger partial charge in [-0.05, 0) is 31.4 Å². The minimum absolute atomic E-state index is 0.246. The number of carbonyl (C=O) groups is 1. The quantitative estimate of drug-likeness (QED) is 0.913. The third-order valence-electron chi connectivity index (χ3n) is 3.92. The highest BCUT2D eigenvalue weighted by Crippen LogP contribution is 2.32. The highest BCUT2D eigenvalue weighted by molar-refractivity contribution is 5.85. The Balaban J connectivity index is 1.79. The van der Waals surface area contributed by atoms with Crippen LogP contribution in [0.5, 0.6) is 0 Å². The predicted octanol–water partition coefficient (Wildman–Crippen LogP) is 2.53. The Morgan fingerprint density at radius 3 is 2.85 bits per heavy atom. The topological polar surface area (TPSA) is 58.2 Å². The van der Waals surface area contributed by atoms with Gasteiger partial charge in [-0.15, -0.1) is 5.06 Å². The lowest BCUT2D eigenvalue weighted by molar-refractivity contribution is -0.192. The van der Waals surface area contributed by atoms with Crippen LogP contribution in [0.2, 0.25) is 0 Å². The first-order valence-electron chi connectivity index (χ1n) is 7.02. The van der Waals surface area contributed by atoms with Crippen molar-refractivity contribution in [3.05, 3.63) is 29.5 Å². The molecule has 1 N–H and O–H groups in total. The number of aryl methyl sites for hydroxylation is 1. The zero-order valence-electron chi connectivity index (χ0n) is 11.8. The van der Waals surface area contributed by atoms with Gasteiger partial charge in [0, 0.05) is 31.3 Å². The molecule has 1 aromatic heterocycles. The molecule has 2 aromatic rings. The molecule has 1 saturated heterocycles. The largest absolute Gasteiger partial charge is 0.368 e. The Morgan fingerprint density at radius 2 is 2.15 bits per heavy atom. The van der Waals surface area contributed by atoms with Crippen LogP contribution in [-0.2, 0) is 9.63 Å². The van der Waals surface area contributed by atoms with Gasteiger partial charge in [-0.2, -0.15) is 5.10 Å². The van der Waals surface area contributed by atoms with Crippen molar-refractivity contribution in [2.45, 2.75) is 32.6 Å². The average molecular weight is 273 g/mol. The van der Waals surface area contributed by atoms with Gasteiger partial charge in [0.1, 0.15) is 0 Å². The fourth-order valence-corrected chi connectivity index (χ4v) is 2.98. The Labute approximate surface area is 117 Å². The molecule has 0 spiro atoms. The number of benzene rings is 1. The molecule has 5 nitrogen and oxygen atoms in total. The van der Waals surface area contributed by atoms with Crippen molar-refractivity contribution in [2.75, 3.05) is 13.1 Å². The predicted molar refractivity (Wildman–Crippen MR) is 76.1 cm³/mol. The molecule has 0 amide bonds. The van der Waals surface area contributed by atoms with E-state index in [9.17, 15) is 4.79 Å². The summed E-state index contributed by atoms with van der Waals surface area (Å²) >= 11 is 0. The summed E-state index contributed by atoms with van der Waals surface area (Å²) < 4.78 is 0. The minimum atomic E-state index is -0.246. The summed E-state index contributed by atoms with van der Waals surface area (Å²) in [7, 11) is 0. The van der Waals surface area contributed by atoms with Crippen molar-refractivity contribution in [3.8, 4) is 0 Å². The number of piperidine rings is 1. The molecule has 0 bridgehead atoms. The molecule has 1 aliphatic rings. The van der Waals surface area contributed by atoms with Gasteiger partial charge in [-0.3, -0.25) is 9.89 Å². The standard InChI is InChI=1S/C15H19N3O2/c1-10-4-3-5-13-14(10)15(17-16-13)12-6-8-18(9-7-12)20-11(2)19/h3-5,12H,6-9H2,1-2H3,(H,16,17). The fraction of sp³-hybridized carbons (Fsp3) is 0.467. The number of hydrogen-bond acceptors (Lipinski definition) is 4. The molecule has 0 saturated carbocycles. The molecule has 2 heterocycles. The molecule has 1 aliphatic heterocycles. The average Bonchev–Trinajstić information content (AvgIpc) is 2.84. The molecule has 1 aromatic carbocycles. The molecular weight excluding hydrogens is 254 g/mol. The van der Waals surface area contributed by atoms with E-state index in [1.807, 2.05) is 6.07 Å². The first kappa shape index (κ1) is 13.1. The van der Waals surface area contributed by atoms with Crippen LogP contribution in [0.1, 0.15) is 36.9 Å². The lowest BCUT2D eigenvalue weighted by atomic mass is 9.91. The summed E-state index contributed by atoms with van der Waals surface area (Å²) in [6.07, 6.45) is 1.92. The number of carbonyl (C=O) groups excluding carboxylic acids is 1. The highest BCUT2D eigenvalue weighted by atomic mass is 16.7. The monoisotopic (exact) mass is 273 g/mol. The molecule has 5 heteroatoms. The van der Waals surface area contributed by atoms with Gasteiger partial charge < -0.3 is 4.84 Å². The first-order chi connectivity index (χ1) is 9.65. The number of nitrogens with zero attached hydrogens (tertiary/aromatic N) is 2. The maximum atomic E-state index is 11.0. The van der Waals surface area contributed by atoms with E-state index in [2.05, 4.69) is 29.3 Å². The van der Waals surface area contributed by atoms with E-state index in [0.29, 0.717) is 5.92 Å². The third kappa shape index (κ3) is 2.41. The van der Waals surface area contributed by atoms with Gasteiger partial charge in [-0.25, -0.2) is 0 Å². The Bertz CT molecular complexity index is 627. The minimum Gasteiger partial charge on any atom is -0.368 e. The maximum absolute atomic E-state index is 11.0. The van der Waals surface area contributed by atoms with Crippen LogP contribution >= 0.6 is 0 Å². The van der Waals surface area contributed by atoms with Crippen LogP contribution < -0.4 is 0 Å². The summed E-state index contributed by atoms with van der Waals surface area (Å²) in [6.45, 7) is 5.10. The second-order valence-electron chi connectivity index (χ2n) is 5.39. The Kier molecular flexibility index (Phi) is 3.44. The van der Waals surface area contributed by atoms with Gasteiger partial charge in [0.05, 0.1) is 11.2 Å². The number of aromatic amines is 1. The molecule has 3 rings (SSSR count). The summed E-state index contributed by atoms with van der Waals surface area (Å²) in [5.74, 6) is 0.182. The van der Waals surface area contributed by atoms with Gasteiger partial charge in [0.25, 0.3) is 0 Å². The van der Waals surface area contributed by atoms with Crippen LogP contribution in [0.15, 0.2) is 18.2 Å². The smallest absolute Gasteiger partial charge is 0.322 e. The molecule has 0 radical (unpaired) electrons. The van der Waals surface area contributed by atoms with E-state index in [4.69, 9.17) is 4.84 Å². The van der Waals surface area contributed by atoms with E-state index in [-0.39, 0.29) is 5.97 Å². The zero-order valence-corrected chi connectivity index (χ0v) is 11.8. The lowest BCUT2D eigenvalue weighted by Crippen LogP contribution is -2.34. The second kappa shape index (κ2) is 5.25. The van der Waals surface area contributed by atoms with E-state index in [0.717, 1.165) is 37.1 Å². The van der Waals surface area contributed by atoms with E-state index in [1.54, 1.807) is 5.06 Å². The molecule has 20 heavy (non-hydrogen) atoms. The number of hydroxylamine groups is 2. The van der Waals surface area contributed by atoms with Crippen LogP contribution in [-0.4, -0.2) is 34.3 Å². The lowest BCUT2D eigenvalue weighted by Gasteiger charge is -2.29. The highest BCUT2D eigenvalue weighted by Gasteiger charge is 2.25. The van der Waals surface area contributed by atoms with Crippen LogP contribution in [0.25, 0.3) is 10.9 Å². The number of fused-ring (bicyclic) bond motifs is 1. The van der Waals surface area contributed by atoms with Crippen molar-refractivity contribution >= 4 is 16.9 Å². The summed E-state index contributed by atoms with van der Waals surface area (Å²) in [5.41, 5.74) is 3.51. The van der Waals surface area contributed by atoms with Crippen LogP contribution in [0, 0.1) is 6.92 Å². The summed E-state index contributed by atoms with van der Waals surface area (Å²) in [4.78, 5) is 16.1. The molecule has 0 atom stereocenters. The van der Waals surface area contributed by atoms with Crippen LogP contribution in [0.3, 0.4) is 0 Å². The molecule has 0 aliphatic carbocycles. The molecule has 0 unspecified atom stereocenters. The first-order valence-corrected chi connectivity index (χ1v) is 7.02. The van der Waals surface area contributed by atoms with Crippen molar-refractivity contribution in [2.24, 2.45) is 0 Å². The Hall–Kier alpha value is -1.88. The third-order valence-corrected chi connectivity index (χ3v) is 3.92. The Morgan fingerprint density at radius 1 is 1.40 bits per heavy atom. The summed E-state index contributed by atoms with van der Waals surface area (Å²) in [5, 5.41) is 10.6. The van der Waals surface area contributed by atoms with Gasteiger partial charge >= 0.3 is 5.97 Å². The second-order valence-corrected chi connectivity index (χ2v) is 5.39. The maximum Gasteiger partial charge on any atom is 0.322 e. The molecule has 1 fully saturated rings. The summed E-state index contributed by atoms with van der Waals surface area (Å²) in [6, 6.07) is 6.23. The number of nitrogens with one attached hydrogen (secondary N) is 1. The molecular formula is C15H19N3O2. The van der Waals surface area contributed by atoms with E-state index < -0.39 is 0 Å². The number of rotatable bonds is 2. The van der Waals surface area contributed by atoms with Crippen molar-refractivity contribution < 1.29 is 9.63 Å². The number of H-pyrrole nitrogens is 1. The molecule has 106 valence electrons. The van der Waals surface area contributed by atoms with Crippen LogP contribution in [0.4, 0.5) is 0 Å². The van der Waals surface area contributed by atoms with E-state index in [1.165, 1.54) is 17.9 Å². The SMILES string of the molecule is CC(=O)ON1CCC(c2n[nH]c3cccc(C)c23)CC1. The van der Waals surface area contributed by atoms with Crippen molar-refractivity contribution in [1.29, 1.82) is 0 Å². The van der Waals surface area contributed by atoms with Crippen molar-refractivity contribution in [1.82, 2.24) is 15.3 Å². The normalized spacial score (nSPS) is 17.5. The van der Waals surface area contributed by atoms with Gasteiger partial charge in [0.2, 0.25) is 0 Å². The fourth-order valence-electron chi connectivity index (χ4n) is 2.98. The van der Waals surface area contributed by atoms with Crippen molar-refractivity contribution in [3.63, 3.8) is 0 Å². The van der Waals surface area contributed by atoms with Gasteiger partial charge in [-0.1, -0.05) is 12.1 Å². The number of hydrogen-bond donors (Lipinski definition) is 1. The number of aromatic nitrogens is 2. The zero-order chi connectivity index (χ0) is 14.1. The van der Waals surface area contributed by atoms with Gasteiger partial charge in [0.15, 0.2) is 0 Å².